The van der Waals surface area contributed by atoms with Gasteiger partial charge in [0, 0.05) is 43.3 Å². The summed E-state index contributed by atoms with van der Waals surface area (Å²) in [5.74, 6) is -1.80. The van der Waals surface area contributed by atoms with E-state index in [1.54, 1.807) is 11.9 Å². The number of hydrogen-bond donors (Lipinski definition) is 1. The van der Waals surface area contributed by atoms with Crippen LogP contribution in [0.1, 0.15) is 18.4 Å². The summed E-state index contributed by atoms with van der Waals surface area (Å²) in [6.07, 6.45) is -4.24. The number of rotatable bonds is 7. The van der Waals surface area contributed by atoms with Crippen molar-refractivity contribution >= 4 is 39.3 Å². The van der Waals surface area contributed by atoms with Gasteiger partial charge in [0.25, 0.3) is 5.91 Å². The quantitative estimate of drug-likeness (QED) is 0.157. The van der Waals surface area contributed by atoms with E-state index in [0.717, 1.165) is 6.07 Å². The molecule has 0 unspecified atom stereocenters. The third kappa shape index (κ3) is 6.12. The number of amides is 1. The number of ether oxygens (including phenoxy) is 1. The van der Waals surface area contributed by atoms with E-state index in [-0.39, 0.29) is 91.4 Å². The monoisotopic (exact) mass is 655 g/mol. The molecule has 0 saturated carbocycles. The second kappa shape index (κ2) is 12.3. The van der Waals surface area contributed by atoms with E-state index in [1.807, 2.05) is 11.0 Å². The lowest BCUT2D eigenvalue weighted by Gasteiger charge is -2.41. The molecule has 0 aliphatic carbocycles. The second-order valence-electron chi connectivity index (χ2n) is 11.7. The van der Waals surface area contributed by atoms with Crippen molar-refractivity contribution in [2.24, 2.45) is 0 Å². The lowest BCUT2D eigenvalue weighted by Crippen LogP contribution is -2.55. The maximum absolute atomic E-state index is 14.2. The van der Waals surface area contributed by atoms with Gasteiger partial charge >= 0.3 is 12.2 Å². The van der Waals surface area contributed by atoms with Crippen LogP contribution in [0.3, 0.4) is 0 Å². The minimum Gasteiger partial charge on any atom is -0.463 e. The molecule has 0 radical (unpaired) electrons. The fourth-order valence-electron chi connectivity index (χ4n) is 6.37. The number of halogens is 5. The molecule has 4 aromatic rings. The molecule has 15 heteroatoms. The largest absolute Gasteiger partial charge is 0.463 e. The van der Waals surface area contributed by atoms with Crippen LogP contribution in [-0.2, 0) is 11.0 Å². The van der Waals surface area contributed by atoms with Gasteiger partial charge in [0.2, 0.25) is 0 Å². The summed E-state index contributed by atoms with van der Waals surface area (Å²) in [5, 5.41) is 10.2. The van der Waals surface area contributed by atoms with E-state index >= 15 is 0 Å². The number of anilines is 2. The first-order valence-electron chi connectivity index (χ1n) is 14.8. The van der Waals surface area contributed by atoms with Crippen LogP contribution < -0.4 is 15.4 Å². The summed E-state index contributed by atoms with van der Waals surface area (Å²) in [4.78, 5) is 26.6. The maximum atomic E-state index is 14.2. The topological polar surface area (TPSA) is 125 Å². The average molecular weight is 656 g/mol. The third-order valence-corrected chi connectivity index (χ3v) is 8.64. The zero-order valence-corrected chi connectivity index (χ0v) is 25.2. The number of nitrogens with two attached hydrogens (primary N) is 1. The van der Waals surface area contributed by atoms with Crippen LogP contribution in [0.5, 0.6) is 6.01 Å². The molecule has 2 saturated heterocycles. The normalized spacial score (nSPS) is 20.6. The predicted octanol–water partition coefficient (Wildman–Crippen LogP) is 5.48. The van der Waals surface area contributed by atoms with Crippen molar-refractivity contribution in [2.75, 3.05) is 50.5 Å². The van der Waals surface area contributed by atoms with E-state index in [0.29, 0.717) is 10.8 Å². The molecular weight excluding hydrogens is 625 g/mol. The lowest BCUT2D eigenvalue weighted by atomic mass is 9.94. The van der Waals surface area contributed by atoms with Crippen molar-refractivity contribution in [1.29, 1.82) is 5.26 Å². The van der Waals surface area contributed by atoms with Crippen LogP contribution in [0.2, 0.25) is 0 Å². The molecule has 47 heavy (non-hydrogen) atoms. The standard InChI is InChI=1S/C32H30F5N7O3/c1-17(33)30(45)44-9-8-43(15-20(44)5-7-38)29-27-26(40-31(41-29)47-16-21-11-18(34)14-42(21)2)13-23(22-6-10-46-28(22)27)24-12-19(39)3-4-25(24)32(35,36)37/h3-4,6,10,12-13,18,20-21H,1,5,8-9,11,14-16,39H2,2H3/t18-,20-,21-/m0/s1. The van der Waals surface area contributed by atoms with Gasteiger partial charge in [0.05, 0.1) is 41.3 Å². The molecular formula is C32H30F5N7O3. The summed E-state index contributed by atoms with van der Waals surface area (Å²) in [5.41, 5.74) is 5.52. The Hall–Kier alpha value is -4.97. The van der Waals surface area contributed by atoms with E-state index in [2.05, 4.69) is 16.5 Å². The molecule has 2 N–H and O–H groups in total. The first kappa shape index (κ1) is 32.0. The first-order valence-corrected chi connectivity index (χ1v) is 14.8. The van der Waals surface area contributed by atoms with Gasteiger partial charge in [-0.1, -0.05) is 6.58 Å². The number of carbonyl (C=O) groups excluding carboxylic acids is 1. The number of benzene rings is 2. The number of alkyl halides is 4. The van der Waals surface area contributed by atoms with Crippen LogP contribution in [0.15, 0.2) is 53.4 Å². The van der Waals surface area contributed by atoms with Crippen LogP contribution >= 0.6 is 0 Å². The van der Waals surface area contributed by atoms with Gasteiger partial charge in [-0.15, -0.1) is 0 Å². The maximum Gasteiger partial charge on any atom is 0.417 e. The summed E-state index contributed by atoms with van der Waals surface area (Å²) in [6, 6.07) is 7.26. The number of nitrogen functional groups attached to an aromatic ring is 1. The zero-order valence-electron chi connectivity index (χ0n) is 25.2. The van der Waals surface area contributed by atoms with E-state index in [1.165, 1.54) is 35.4 Å². The highest BCUT2D eigenvalue weighted by molar-refractivity contribution is 6.14. The van der Waals surface area contributed by atoms with Gasteiger partial charge in [-0.2, -0.15) is 28.4 Å². The molecule has 10 nitrogen and oxygen atoms in total. The van der Waals surface area contributed by atoms with Gasteiger partial charge in [0.15, 0.2) is 5.83 Å². The van der Waals surface area contributed by atoms with Crippen molar-refractivity contribution in [3.63, 3.8) is 0 Å². The minimum atomic E-state index is -4.70. The summed E-state index contributed by atoms with van der Waals surface area (Å²) in [6.45, 7) is 3.62. The average Bonchev–Trinajstić information content (AvgIpc) is 3.64. The van der Waals surface area contributed by atoms with Crippen molar-refractivity contribution in [2.45, 2.75) is 37.3 Å². The number of piperazine rings is 1. The Morgan fingerprint density at radius 3 is 2.64 bits per heavy atom. The second-order valence-corrected chi connectivity index (χ2v) is 11.7. The molecule has 2 aliphatic rings. The number of nitriles is 1. The van der Waals surface area contributed by atoms with Crippen LogP contribution in [0.25, 0.3) is 33.0 Å². The Labute approximate surface area is 265 Å². The Morgan fingerprint density at radius 1 is 1.17 bits per heavy atom. The minimum absolute atomic E-state index is 0.0260. The summed E-state index contributed by atoms with van der Waals surface area (Å²) < 4.78 is 82.3. The molecule has 2 aromatic carbocycles. The number of hydrogen-bond acceptors (Lipinski definition) is 9. The number of fused-ring (bicyclic) bond motifs is 3. The molecule has 0 bridgehead atoms. The van der Waals surface area contributed by atoms with Gasteiger partial charge in [-0.3, -0.25) is 9.69 Å². The highest BCUT2D eigenvalue weighted by Gasteiger charge is 2.37. The fourth-order valence-corrected chi connectivity index (χ4v) is 6.37. The number of likely N-dealkylation sites (N-methyl/N-ethyl adjacent to an activating group) is 1. The highest BCUT2D eigenvalue weighted by Crippen LogP contribution is 2.44. The Bertz CT molecular complexity index is 1910. The number of nitrogens with zero attached hydrogens (tertiary/aromatic N) is 6. The van der Waals surface area contributed by atoms with Gasteiger partial charge in [-0.05, 0) is 54.9 Å². The molecule has 2 aromatic heterocycles. The van der Waals surface area contributed by atoms with Crippen LogP contribution in [0.4, 0.5) is 33.5 Å². The zero-order chi connectivity index (χ0) is 33.6. The van der Waals surface area contributed by atoms with Gasteiger partial charge in [0.1, 0.15) is 24.2 Å². The predicted molar refractivity (Wildman–Crippen MR) is 164 cm³/mol. The Morgan fingerprint density at radius 2 is 1.96 bits per heavy atom. The van der Waals surface area contributed by atoms with Gasteiger partial charge < -0.3 is 24.7 Å². The number of furan rings is 1. The number of aromatic nitrogens is 2. The number of likely N-dealkylation sites (tertiary alicyclic amines) is 1. The van der Waals surface area contributed by atoms with Crippen LogP contribution in [0, 0.1) is 11.3 Å². The third-order valence-electron chi connectivity index (χ3n) is 8.64. The molecule has 1 amide bonds. The van der Waals surface area contributed by atoms with Crippen LogP contribution in [-0.4, -0.2) is 83.8 Å². The molecule has 6 rings (SSSR count). The van der Waals surface area contributed by atoms with Crippen molar-refractivity contribution in [3.05, 3.63) is 54.6 Å². The van der Waals surface area contributed by atoms with E-state index in [4.69, 9.17) is 14.9 Å². The van der Waals surface area contributed by atoms with Gasteiger partial charge in [-0.25, -0.2) is 8.78 Å². The smallest absolute Gasteiger partial charge is 0.417 e. The van der Waals surface area contributed by atoms with Crippen molar-refractivity contribution < 1.29 is 35.9 Å². The first-order chi connectivity index (χ1) is 22.3. The summed E-state index contributed by atoms with van der Waals surface area (Å²) >= 11 is 0. The SMILES string of the molecule is C=C(F)C(=O)N1CCN(c2nc(OC[C@@H]3C[C@H](F)CN3C)nc3cc(-c4cc(N)ccc4C(F)(F)F)c4ccoc4c23)C[C@@H]1CC#N. The number of carbonyl (C=O) groups is 1. The molecule has 4 heterocycles. The van der Waals surface area contributed by atoms with E-state index in [9.17, 15) is 32.0 Å². The van der Waals surface area contributed by atoms with Crippen molar-refractivity contribution in [1.82, 2.24) is 19.8 Å². The Balaban J connectivity index is 1.51. The molecule has 3 atom stereocenters. The molecule has 246 valence electrons. The fraction of sp³-hybridized carbons (Fsp3) is 0.375. The summed E-state index contributed by atoms with van der Waals surface area (Å²) in [7, 11) is 1.77. The Kier molecular flexibility index (Phi) is 8.39. The van der Waals surface area contributed by atoms with Crippen molar-refractivity contribution in [3.8, 4) is 23.2 Å². The van der Waals surface area contributed by atoms with E-state index < -0.39 is 35.7 Å². The highest BCUT2D eigenvalue weighted by atomic mass is 19.4. The lowest BCUT2D eigenvalue weighted by molar-refractivity contribution is -0.137. The molecule has 2 fully saturated rings. The molecule has 2 aliphatic heterocycles. The molecule has 0 spiro atoms.